The van der Waals surface area contributed by atoms with Gasteiger partial charge in [-0.1, -0.05) is 12.1 Å². The summed E-state index contributed by atoms with van der Waals surface area (Å²) >= 11 is 0. The van der Waals surface area contributed by atoms with E-state index < -0.39 is 0 Å². The number of fused-ring (bicyclic) bond motifs is 4. The van der Waals surface area contributed by atoms with E-state index in [9.17, 15) is 0 Å². The Morgan fingerprint density at radius 3 is 2.95 bits per heavy atom. The minimum absolute atomic E-state index is 0.671. The van der Waals surface area contributed by atoms with Crippen molar-refractivity contribution in [1.29, 1.82) is 0 Å². The van der Waals surface area contributed by atoms with E-state index in [4.69, 9.17) is 0 Å². The van der Waals surface area contributed by atoms with Crippen LogP contribution in [0.25, 0.3) is 0 Å². The summed E-state index contributed by atoms with van der Waals surface area (Å²) in [5.74, 6) is 0.896. The van der Waals surface area contributed by atoms with Crippen LogP contribution in [0, 0.1) is 19.8 Å². The van der Waals surface area contributed by atoms with Gasteiger partial charge in [0.15, 0.2) is 0 Å². The van der Waals surface area contributed by atoms with Crippen LogP contribution in [0.4, 0.5) is 0 Å². The molecule has 2 heteroatoms. The van der Waals surface area contributed by atoms with Gasteiger partial charge in [0.05, 0.1) is 0 Å². The highest BCUT2D eigenvalue weighted by atomic mass is 15.2. The van der Waals surface area contributed by atoms with E-state index in [0.717, 1.165) is 12.0 Å². The minimum atomic E-state index is 0.671. The SMILES string of the molecule is Cc1cc2c(cc1C)C1CC3NCCCC3CN1CC2. The number of aryl methyl sites for hydroxylation is 2. The average Bonchev–Trinajstić information content (AvgIpc) is 2.47. The van der Waals surface area contributed by atoms with E-state index in [1.54, 1.807) is 11.1 Å². The highest BCUT2D eigenvalue weighted by molar-refractivity contribution is 5.41. The summed E-state index contributed by atoms with van der Waals surface area (Å²) in [4.78, 5) is 2.77. The van der Waals surface area contributed by atoms with Gasteiger partial charge in [-0.05, 0) is 74.2 Å². The minimum Gasteiger partial charge on any atom is -0.314 e. The molecule has 3 atom stereocenters. The van der Waals surface area contributed by atoms with E-state index in [1.807, 2.05) is 0 Å². The van der Waals surface area contributed by atoms with Crippen molar-refractivity contribution >= 4 is 0 Å². The molecular formula is C18H26N2. The van der Waals surface area contributed by atoms with Gasteiger partial charge < -0.3 is 5.32 Å². The second-order valence-electron chi connectivity index (χ2n) is 7.09. The van der Waals surface area contributed by atoms with E-state index in [2.05, 4.69) is 36.2 Å². The van der Waals surface area contributed by atoms with Crippen molar-refractivity contribution in [2.45, 2.75) is 51.6 Å². The van der Waals surface area contributed by atoms with Gasteiger partial charge in [-0.3, -0.25) is 4.90 Å². The van der Waals surface area contributed by atoms with Gasteiger partial charge in [0.25, 0.3) is 0 Å². The number of piperidine rings is 2. The topological polar surface area (TPSA) is 15.3 Å². The zero-order valence-corrected chi connectivity index (χ0v) is 12.8. The van der Waals surface area contributed by atoms with Crippen molar-refractivity contribution in [1.82, 2.24) is 10.2 Å². The summed E-state index contributed by atoms with van der Waals surface area (Å²) in [6.45, 7) is 8.33. The standard InChI is InChI=1S/C18H26N2/c1-12-8-14-5-7-20-11-15-4-3-6-19-17(15)10-18(20)16(14)9-13(12)2/h8-9,15,17-19H,3-7,10-11H2,1-2H3. The van der Waals surface area contributed by atoms with Crippen LogP contribution in [0.5, 0.6) is 0 Å². The molecule has 0 aromatic heterocycles. The molecule has 2 nitrogen and oxygen atoms in total. The Labute approximate surface area is 122 Å². The summed E-state index contributed by atoms with van der Waals surface area (Å²) in [5.41, 5.74) is 6.17. The Morgan fingerprint density at radius 1 is 1.20 bits per heavy atom. The Morgan fingerprint density at radius 2 is 2.05 bits per heavy atom. The Bertz CT molecular complexity index is 522. The smallest absolute Gasteiger partial charge is 0.0366 e. The average molecular weight is 270 g/mol. The van der Waals surface area contributed by atoms with Crippen LogP contribution >= 0.6 is 0 Å². The molecule has 0 aliphatic carbocycles. The highest BCUT2D eigenvalue weighted by Crippen LogP contribution is 2.41. The number of hydrogen-bond donors (Lipinski definition) is 1. The highest BCUT2D eigenvalue weighted by Gasteiger charge is 2.39. The maximum Gasteiger partial charge on any atom is 0.0366 e. The predicted octanol–water partition coefficient (Wildman–Crippen LogP) is 2.97. The van der Waals surface area contributed by atoms with Crippen molar-refractivity contribution in [3.05, 3.63) is 34.4 Å². The van der Waals surface area contributed by atoms with Crippen molar-refractivity contribution in [3.8, 4) is 0 Å². The van der Waals surface area contributed by atoms with Crippen LogP contribution in [0.15, 0.2) is 12.1 Å². The van der Waals surface area contributed by atoms with Gasteiger partial charge in [-0.25, -0.2) is 0 Å². The fraction of sp³-hybridized carbons (Fsp3) is 0.667. The van der Waals surface area contributed by atoms with Crippen molar-refractivity contribution in [2.24, 2.45) is 5.92 Å². The fourth-order valence-electron chi connectivity index (χ4n) is 4.59. The van der Waals surface area contributed by atoms with Crippen LogP contribution in [-0.4, -0.2) is 30.6 Å². The molecule has 0 radical (unpaired) electrons. The lowest BCUT2D eigenvalue weighted by atomic mass is 9.77. The van der Waals surface area contributed by atoms with Crippen molar-refractivity contribution in [2.75, 3.05) is 19.6 Å². The molecule has 20 heavy (non-hydrogen) atoms. The molecule has 1 aromatic rings. The Kier molecular flexibility index (Phi) is 3.12. The molecule has 0 spiro atoms. The zero-order valence-electron chi connectivity index (χ0n) is 12.8. The number of hydrogen-bond acceptors (Lipinski definition) is 2. The van der Waals surface area contributed by atoms with Gasteiger partial charge in [0.1, 0.15) is 0 Å². The molecule has 3 unspecified atom stereocenters. The Hall–Kier alpha value is -0.860. The van der Waals surface area contributed by atoms with Crippen molar-refractivity contribution < 1.29 is 0 Å². The summed E-state index contributed by atoms with van der Waals surface area (Å²) in [5, 5.41) is 3.78. The fourth-order valence-corrected chi connectivity index (χ4v) is 4.59. The van der Waals surface area contributed by atoms with Gasteiger partial charge >= 0.3 is 0 Å². The predicted molar refractivity (Wildman–Crippen MR) is 83.1 cm³/mol. The quantitative estimate of drug-likeness (QED) is 0.779. The Balaban J connectivity index is 1.67. The maximum absolute atomic E-state index is 3.78. The van der Waals surface area contributed by atoms with Crippen LogP contribution in [0.1, 0.15) is 47.6 Å². The largest absolute Gasteiger partial charge is 0.314 e. The van der Waals surface area contributed by atoms with E-state index in [1.165, 1.54) is 56.4 Å². The number of nitrogens with zero attached hydrogens (tertiary/aromatic N) is 1. The molecule has 2 saturated heterocycles. The molecule has 2 fully saturated rings. The number of nitrogens with one attached hydrogen (secondary N) is 1. The first-order valence-corrected chi connectivity index (χ1v) is 8.30. The molecule has 3 aliphatic rings. The second-order valence-corrected chi connectivity index (χ2v) is 7.09. The van der Waals surface area contributed by atoms with Crippen LogP contribution in [0.2, 0.25) is 0 Å². The van der Waals surface area contributed by atoms with Crippen LogP contribution < -0.4 is 5.32 Å². The molecule has 3 aliphatic heterocycles. The molecule has 1 N–H and O–H groups in total. The summed E-state index contributed by atoms with van der Waals surface area (Å²) in [6, 6.07) is 6.36. The van der Waals surface area contributed by atoms with Crippen LogP contribution in [0.3, 0.4) is 0 Å². The summed E-state index contributed by atoms with van der Waals surface area (Å²) < 4.78 is 0. The summed E-state index contributed by atoms with van der Waals surface area (Å²) in [6.07, 6.45) is 5.37. The number of benzene rings is 1. The molecular weight excluding hydrogens is 244 g/mol. The van der Waals surface area contributed by atoms with Gasteiger partial charge in [0, 0.05) is 25.2 Å². The lowest BCUT2D eigenvalue weighted by Gasteiger charge is -2.49. The van der Waals surface area contributed by atoms with Crippen LogP contribution in [-0.2, 0) is 6.42 Å². The second kappa shape index (κ2) is 4.85. The first-order chi connectivity index (χ1) is 9.72. The lowest BCUT2D eigenvalue weighted by molar-refractivity contribution is 0.0552. The van der Waals surface area contributed by atoms with E-state index in [0.29, 0.717) is 6.04 Å². The van der Waals surface area contributed by atoms with Crippen molar-refractivity contribution in [3.63, 3.8) is 0 Å². The molecule has 0 bridgehead atoms. The maximum atomic E-state index is 3.78. The van der Waals surface area contributed by atoms with Gasteiger partial charge in [0.2, 0.25) is 0 Å². The van der Waals surface area contributed by atoms with E-state index >= 15 is 0 Å². The van der Waals surface area contributed by atoms with Gasteiger partial charge in [-0.15, -0.1) is 0 Å². The molecule has 4 rings (SSSR count). The third-order valence-corrected chi connectivity index (χ3v) is 5.90. The third kappa shape index (κ3) is 2.01. The molecule has 1 aromatic carbocycles. The normalized spacial score (nSPS) is 33.2. The first-order valence-electron chi connectivity index (χ1n) is 8.30. The first kappa shape index (κ1) is 12.8. The van der Waals surface area contributed by atoms with Gasteiger partial charge in [-0.2, -0.15) is 0 Å². The molecule has 0 saturated carbocycles. The summed E-state index contributed by atoms with van der Waals surface area (Å²) in [7, 11) is 0. The third-order valence-electron chi connectivity index (χ3n) is 5.90. The molecule has 108 valence electrons. The van der Waals surface area contributed by atoms with E-state index in [-0.39, 0.29) is 0 Å². The monoisotopic (exact) mass is 270 g/mol. The number of rotatable bonds is 0. The zero-order chi connectivity index (χ0) is 13.7. The molecule has 0 amide bonds. The molecule has 3 heterocycles. The lowest BCUT2D eigenvalue weighted by Crippen LogP contribution is -2.54.